The summed E-state index contributed by atoms with van der Waals surface area (Å²) in [7, 11) is -3.95. The second-order valence-electron chi connectivity index (χ2n) is 11.2. The van der Waals surface area contributed by atoms with E-state index in [1.54, 1.807) is 6.07 Å². The number of anilines is 1. The van der Waals surface area contributed by atoms with E-state index >= 15 is 0 Å². The predicted octanol–water partition coefficient (Wildman–Crippen LogP) is 5.88. The third-order valence-corrected chi connectivity index (χ3v) is 11.3. The van der Waals surface area contributed by atoms with Gasteiger partial charge in [0.15, 0.2) is 0 Å². The van der Waals surface area contributed by atoms with Gasteiger partial charge in [0.2, 0.25) is 10.0 Å². The predicted molar refractivity (Wildman–Crippen MR) is 158 cm³/mol. The van der Waals surface area contributed by atoms with Crippen LogP contribution in [0.1, 0.15) is 59.6 Å². The van der Waals surface area contributed by atoms with Crippen molar-refractivity contribution in [3.8, 4) is 0 Å². The normalized spacial score (nSPS) is 20.5. The van der Waals surface area contributed by atoms with Gasteiger partial charge in [-0.2, -0.15) is 0 Å². The molecule has 3 heterocycles. The molecule has 6 rings (SSSR count). The molecule has 1 aromatic heterocycles. The SMILES string of the molecule is O=C(c1ccc2c(c1)C(NS(=O)(=O)c1c(Cl)cccc1Cl)CC2)N1CCC2(CC1)CCN(c1ccncc1)CC2. The van der Waals surface area contributed by atoms with Crippen LogP contribution in [0.4, 0.5) is 5.69 Å². The van der Waals surface area contributed by atoms with Crippen molar-refractivity contribution in [1.82, 2.24) is 14.6 Å². The summed E-state index contributed by atoms with van der Waals surface area (Å²) in [6.07, 6.45) is 9.31. The summed E-state index contributed by atoms with van der Waals surface area (Å²) in [5, 5.41) is 0.154. The summed E-state index contributed by atoms with van der Waals surface area (Å²) in [6, 6.07) is 14.0. The number of rotatable bonds is 5. The summed E-state index contributed by atoms with van der Waals surface area (Å²) in [6.45, 7) is 3.54. The number of hydrogen-bond donors (Lipinski definition) is 1. The van der Waals surface area contributed by atoms with Crippen LogP contribution in [0.15, 0.2) is 65.8 Å². The molecule has 1 atom stereocenters. The topological polar surface area (TPSA) is 82.6 Å². The van der Waals surface area contributed by atoms with E-state index < -0.39 is 16.1 Å². The second-order valence-corrected chi connectivity index (χ2v) is 13.6. The fourth-order valence-electron chi connectivity index (χ4n) is 6.50. The fraction of sp³-hybridized carbons (Fsp3) is 0.400. The van der Waals surface area contributed by atoms with Gasteiger partial charge in [0.1, 0.15) is 4.90 Å². The number of nitrogens with zero attached hydrogens (tertiary/aromatic N) is 3. The maximum absolute atomic E-state index is 13.5. The molecular weight excluding hydrogens is 567 g/mol. The highest BCUT2D eigenvalue weighted by Gasteiger charge is 2.39. The van der Waals surface area contributed by atoms with Gasteiger partial charge >= 0.3 is 0 Å². The Morgan fingerprint density at radius 3 is 2.25 bits per heavy atom. The lowest BCUT2D eigenvalue weighted by Gasteiger charge is -2.47. The zero-order valence-electron chi connectivity index (χ0n) is 22.2. The first-order valence-corrected chi connectivity index (χ1v) is 16.0. The van der Waals surface area contributed by atoms with Crippen LogP contribution in [0.3, 0.4) is 0 Å². The number of carbonyl (C=O) groups is 1. The van der Waals surface area contributed by atoms with Crippen LogP contribution in [0, 0.1) is 5.41 Å². The first kappa shape index (κ1) is 27.5. The summed E-state index contributed by atoms with van der Waals surface area (Å²) in [5.74, 6) is 0.00882. The lowest BCUT2D eigenvalue weighted by Crippen LogP contribution is -2.48. The second kappa shape index (κ2) is 11.0. The molecule has 1 amide bonds. The van der Waals surface area contributed by atoms with Crippen molar-refractivity contribution in [3.63, 3.8) is 0 Å². The number of carbonyl (C=O) groups excluding carboxylic acids is 1. The van der Waals surface area contributed by atoms with E-state index in [1.165, 1.54) is 17.8 Å². The van der Waals surface area contributed by atoms with Crippen molar-refractivity contribution >= 4 is 44.8 Å². The third-order valence-electron chi connectivity index (χ3n) is 8.92. The summed E-state index contributed by atoms with van der Waals surface area (Å²) >= 11 is 12.4. The van der Waals surface area contributed by atoms with Crippen LogP contribution >= 0.6 is 23.2 Å². The maximum atomic E-state index is 13.5. The molecule has 0 radical (unpaired) electrons. The minimum absolute atomic E-state index is 0.00882. The fourth-order valence-corrected chi connectivity index (χ4v) is 8.90. The van der Waals surface area contributed by atoms with E-state index in [1.807, 2.05) is 35.5 Å². The number of piperidine rings is 2. The van der Waals surface area contributed by atoms with E-state index in [9.17, 15) is 13.2 Å². The molecule has 2 aliphatic heterocycles. The number of hydrogen-bond acceptors (Lipinski definition) is 5. The number of aromatic nitrogens is 1. The van der Waals surface area contributed by atoms with Gasteiger partial charge < -0.3 is 9.80 Å². The molecule has 3 aliphatic rings. The third kappa shape index (κ3) is 5.34. The van der Waals surface area contributed by atoms with Gasteiger partial charge in [0.25, 0.3) is 5.91 Å². The summed E-state index contributed by atoms with van der Waals surface area (Å²) in [4.78, 5) is 21.9. The number of nitrogens with one attached hydrogen (secondary N) is 1. The molecule has 10 heteroatoms. The Kier molecular flexibility index (Phi) is 7.55. The van der Waals surface area contributed by atoms with E-state index in [0.717, 1.165) is 69.4 Å². The van der Waals surface area contributed by atoms with Crippen LogP contribution < -0.4 is 9.62 Å². The van der Waals surface area contributed by atoms with E-state index in [2.05, 4.69) is 26.7 Å². The van der Waals surface area contributed by atoms with Crippen LogP contribution in [0.2, 0.25) is 10.0 Å². The lowest BCUT2D eigenvalue weighted by atomic mass is 9.71. The number of likely N-dealkylation sites (tertiary alicyclic amines) is 1. The van der Waals surface area contributed by atoms with Crippen molar-refractivity contribution in [3.05, 3.63) is 87.7 Å². The van der Waals surface area contributed by atoms with Crippen LogP contribution in [-0.2, 0) is 16.4 Å². The monoisotopic (exact) mass is 598 g/mol. The molecule has 7 nitrogen and oxygen atoms in total. The lowest BCUT2D eigenvalue weighted by molar-refractivity contribution is 0.0515. The van der Waals surface area contributed by atoms with E-state index in [-0.39, 0.29) is 20.8 Å². The molecule has 2 aromatic carbocycles. The van der Waals surface area contributed by atoms with Crippen LogP contribution in [0.25, 0.3) is 0 Å². The number of benzene rings is 2. The minimum Gasteiger partial charge on any atom is -0.371 e. The molecule has 1 N–H and O–H groups in total. The first-order chi connectivity index (χ1) is 19.2. The van der Waals surface area contributed by atoms with Crippen LogP contribution in [-0.4, -0.2) is 50.4 Å². The van der Waals surface area contributed by atoms with Crippen molar-refractivity contribution in [1.29, 1.82) is 0 Å². The molecule has 0 bridgehead atoms. The average molecular weight is 600 g/mol. The molecule has 210 valence electrons. The van der Waals surface area contributed by atoms with Crippen LogP contribution in [0.5, 0.6) is 0 Å². The number of sulfonamides is 1. The molecule has 1 spiro atoms. The van der Waals surface area contributed by atoms with Gasteiger partial charge in [0, 0.05) is 55.9 Å². The molecular formula is C30H32Cl2N4O3S. The number of pyridine rings is 1. The summed E-state index contributed by atoms with van der Waals surface area (Å²) in [5.41, 5.74) is 4.01. The number of fused-ring (bicyclic) bond motifs is 1. The molecule has 0 saturated carbocycles. The Hall–Kier alpha value is -2.65. The van der Waals surface area contributed by atoms with Crippen molar-refractivity contribution in [2.24, 2.45) is 5.41 Å². The zero-order chi connectivity index (χ0) is 27.9. The molecule has 3 aromatic rings. The van der Waals surface area contributed by atoms with Crippen molar-refractivity contribution in [2.75, 3.05) is 31.1 Å². The summed E-state index contributed by atoms with van der Waals surface area (Å²) < 4.78 is 29.2. The van der Waals surface area contributed by atoms with Gasteiger partial charge in [-0.15, -0.1) is 0 Å². The molecule has 2 fully saturated rings. The highest BCUT2D eigenvalue weighted by atomic mass is 35.5. The standard InChI is InChI=1S/C30H32Cl2N4O3S/c31-25-2-1-3-26(32)28(25)40(38,39)34-27-7-6-21-4-5-22(20-24(21)27)29(37)36-18-12-30(13-19-36)10-16-35(17-11-30)23-8-14-33-15-9-23/h1-5,8-9,14-15,20,27,34H,6-7,10-13,16-19H2. The Bertz CT molecular complexity index is 1490. The number of halogens is 2. The Balaban J connectivity index is 1.11. The van der Waals surface area contributed by atoms with Gasteiger partial charge in [-0.05, 0) is 91.5 Å². The quantitative estimate of drug-likeness (QED) is 0.397. The average Bonchev–Trinajstić information content (AvgIpc) is 3.35. The van der Waals surface area contributed by atoms with Crippen molar-refractivity contribution < 1.29 is 13.2 Å². The maximum Gasteiger partial charge on any atom is 0.253 e. The molecule has 2 saturated heterocycles. The largest absolute Gasteiger partial charge is 0.371 e. The highest BCUT2D eigenvalue weighted by molar-refractivity contribution is 7.89. The van der Waals surface area contributed by atoms with E-state index in [0.29, 0.717) is 17.4 Å². The first-order valence-electron chi connectivity index (χ1n) is 13.8. The Morgan fingerprint density at radius 1 is 0.925 bits per heavy atom. The number of amides is 1. The Morgan fingerprint density at radius 2 is 1.57 bits per heavy atom. The molecule has 1 aliphatic carbocycles. The molecule has 40 heavy (non-hydrogen) atoms. The van der Waals surface area contributed by atoms with Gasteiger partial charge in [-0.25, -0.2) is 13.1 Å². The molecule has 1 unspecified atom stereocenters. The van der Waals surface area contributed by atoms with Gasteiger partial charge in [0.05, 0.1) is 10.0 Å². The highest BCUT2D eigenvalue weighted by Crippen LogP contribution is 2.42. The van der Waals surface area contributed by atoms with Crippen molar-refractivity contribution in [2.45, 2.75) is 49.5 Å². The van der Waals surface area contributed by atoms with Gasteiger partial charge in [-0.3, -0.25) is 9.78 Å². The zero-order valence-corrected chi connectivity index (χ0v) is 24.5. The van der Waals surface area contributed by atoms with Gasteiger partial charge in [-0.1, -0.05) is 35.3 Å². The number of aryl methyl sites for hydroxylation is 1. The minimum atomic E-state index is -3.95. The smallest absolute Gasteiger partial charge is 0.253 e. The van der Waals surface area contributed by atoms with E-state index in [4.69, 9.17) is 23.2 Å². The Labute approximate surface area is 245 Å².